The Morgan fingerprint density at radius 2 is 1.26 bits per heavy atom. The molecule has 3 atom stereocenters. The smallest absolute Gasteiger partial charge is 0.365 e. The van der Waals surface area contributed by atoms with E-state index in [4.69, 9.17) is 4.74 Å². The molecule has 178 valence electrons. The number of quaternary nitrogens is 1. The third-order valence-corrected chi connectivity index (χ3v) is 6.87. The minimum absolute atomic E-state index is 0.159. The summed E-state index contributed by atoms with van der Waals surface area (Å²) < 4.78 is 46.2. The van der Waals surface area contributed by atoms with Crippen molar-refractivity contribution in [3.05, 3.63) is 101 Å². The predicted octanol–water partition coefficient (Wildman–Crippen LogP) is 2.27. The molecule has 2 amide bonds. The Balaban J connectivity index is 1.75. The number of amides is 2. The number of rotatable bonds is 4. The van der Waals surface area contributed by atoms with Gasteiger partial charge < -0.3 is 10.1 Å². The number of imide groups is 1. The molecule has 0 bridgehead atoms. The van der Waals surface area contributed by atoms with E-state index in [0.29, 0.717) is 11.1 Å². The van der Waals surface area contributed by atoms with Crippen LogP contribution in [-0.2, 0) is 24.7 Å². The van der Waals surface area contributed by atoms with E-state index < -0.39 is 58.7 Å². The summed E-state index contributed by atoms with van der Waals surface area (Å²) in [5, 5.41) is 1.58. The summed E-state index contributed by atoms with van der Waals surface area (Å²) in [6.07, 6.45) is 0. The third kappa shape index (κ3) is 3.42. The first-order chi connectivity index (χ1) is 16.8. The molecule has 9 heteroatoms. The predicted molar refractivity (Wildman–Crippen MR) is 117 cm³/mol. The number of nitrogens with two attached hydrogens (primary N) is 1. The van der Waals surface area contributed by atoms with Gasteiger partial charge in [-0.15, -0.1) is 0 Å². The number of halogens is 3. The Hall–Kier alpha value is -3.98. The van der Waals surface area contributed by atoms with Crippen molar-refractivity contribution in [3.8, 4) is 0 Å². The lowest BCUT2D eigenvalue weighted by molar-refractivity contribution is -0.729. The van der Waals surface area contributed by atoms with Crippen molar-refractivity contribution in [1.82, 2.24) is 0 Å². The van der Waals surface area contributed by atoms with Gasteiger partial charge in [0.05, 0.1) is 12.8 Å². The molecule has 3 aromatic rings. The van der Waals surface area contributed by atoms with Gasteiger partial charge in [0.2, 0.25) is 11.8 Å². The van der Waals surface area contributed by atoms with Crippen molar-refractivity contribution >= 4 is 23.5 Å². The average Bonchev–Trinajstić information content (AvgIpc) is 3.35. The van der Waals surface area contributed by atoms with Gasteiger partial charge in [-0.25, -0.2) is 22.9 Å². The molecule has 2 heterocycles. The number of nitrogens with zero attached hydrogens (tertiary/aromatic N) is 1. The summed E-state index contributed by atoms with van der Waals surface area (Å²) in [6, 6.07) is 14.5. The summed E-state index contributed by atoms with van der Waals surface area (Å²) >= 11 is 0. The van der Waals surface area contributed by atoms with Crippen molar-refractivity contribution in [2.75, 3.05) is 12.0 Å². The number of anilines is 1. The molecule has 6 nitrogen and oxygen atoms in total. The highest BCUT2D eigenvalue weighted by atomic mass is 19.1. The molecule has 3 aromatic carbocycles. The van der Waals surface area contributed by atoms with Gasteiger partial charge in [0.15, 0.2) is 11.6 Å². The van der Waals surface area contributed by atoms with E-state index >= 15 is 0 Å². The van der Waals surface area contributed by atoms with Gasteiger partial charge in [-0.1, -0.05) is 0 Å². The summed E-state index contributed by atoms with van der Waals surface area (Å²) in [5.74, 6) is -5.76. The lowest BCUT2D eigenvalue weighted by Crippen LogP contribution is -2.99. The molecule has 0 saturated carbocycles. The number of methoxy groups -OCH3 is 1. The quantitative estimate of drug-likeness (QED) is 0.458. The van der Waals surface area contributed by atoms with E-state index in [1.54, 1.807) is 5.32 Å². The molecule has 5 rings (SSSR count). The number of esters is 1. The van der Waals surface area contributed by atoms with Crippen LogP contribution in [0.3, 0.4) is 0 Å². The maximum absolute atomic E-state index is 13.9. The van der Waals surface area contributed by atoms with Crippen molar-refractivity contribution in [2.24, 2.45) is 11.8 Å². The number of carbonyl (C=O) groups excluding carboxylic acids is 3. The van der Waals surface area contributed by atoms with Crippen LogP contribution in [0.15, 0.2) is 72.8 Å². The first-order valence-corrected chi connectivity index (χ1v) is 10.9. The zero-order chi connectivity index (χ0) is 24.9. The van der Waals surface area contributed by atoms with Crippen molar-refractivity contribution in [1.29, 1.82) is 0 Å². The van der Waals surface area contributed by atoms with Crippen molar-refractivity contribution in [3.63, 3.8) is 0 Å². The fraction of sp³-hybridized carbons (Fsp3) is 0.192. The fourth-order valence-corrected chi connectivity index (χ4v) is 5.39. The lowest BCUT2D eigenvalue weighted by atomic mass is 9.71. The van der Waals surface area contributed by atoms with Crippen LogP contribution in [0.4, 0.5) is 18.9 Å². The van der Waals surface area contributed by atoms with E-state index in [1.165, 1.54) is 67.8 Å². The Morgan fingerprint density at radius 3 is 1.71 bits per heavy atom. The molecule has 2 N–H and O–H groups in total. The second kappa shape index (κ2) is 8.35. The van der Waals surface area contributed by atoms with Crippen LogP contribution in [0, 0.1) is 29.3 Å². The van der Waals surface area contributed by atoms with Crippen LogP contribution in [0.5, 0.6) is 0 Å². The molecule has 2 saturated heterocycles. The number of benzene rings is 3. The first-order valence-electron chi connectivity index (χ1n) is 10.9. The third-order valence-electron chi connectivity index (χ3n) is 6.87. The van der Waals surface area contributed by atoms with Gasteiger partial charge in [0, 0.05) is 11.1 Å². The second-order valence-corrected chi connectivity index (χ2v) is 8.59. The zero-order valence-corrected chi connectivity index (χ0v) is 18.5. The van der Waals surface area contributed by atoms with Gasteiger partial charge in [-0.2, -0.15) is 0 Å². The highest BCUT2D eigenvalue weighted by molar-refractivity contribution is 6.23. The zero-order valence-electron chi connectivity index (χ0n) is 18.5. The van der Waals surface area contributed by atoms with E-state index in [9.17, 15) is 27.6 Å². The number of hydrogen-bond donors (Lipinski definition) is 1. The molecular formula is C26H20F3N2O4+. The molecule has 0 unspecified atom stereocenters. The monoisotopic (exact) mass is 481 g/mol. The molecule has 0 radical (unpaired) electrons. The molecule has 2 fully saturated rings. The lowest BCUT2D eigenvalue weighted by Gasteiger charge is -2.32. The highest BCUT2D eigenvalue weighted by Gasteiger charge is 2.72. The van der Waals surface area contributed by atoms with Crippen molar-refractivity contribution < 1.29 is 37.6 Å². The second-order valence-electron chi connectivity index (χ2n) is 8.59. The Morgan fingerprint density at radius 1 is 0.800 bits per heavy atom. The highest BCUT2D eigenvalue weighted by Crippen LogP contribution is 2.48. The molecular weight excluding hydrogens is 461 g/mol. The standard InChI is InChI=1S/C26H19F3N2O4/c1-35-25(34)22-20-21(24(33)31(23(20)32)19-12-10-18(29)11-13-19)26(30-22,14-2-6-16(27)7-3-14)15-4-8-17(28)9-5-15/h2-13,20-22,30H,1H3/p+1/t20-,21+,22+/m1/s1. The number of hydrogen-bond acceptors (Lipinski definition) is 4. The van der Waals surface area contributed by atoms with Gasteiger partial charge in [-0.3, -0.25) is 9.59 Å². The van der Waals surface area contributed by atoms with E-state index in [1.807, 2.05) is 0 Å². The summed E-state index contributed by atoms with van der Waals surface area (Å²) in [4.78, 5) is 41.4. The van der Waals surface area contributed by atoms with Crippen LogP contribution in [-0.4, -0.2) is 30.9 Å². The fourth-order valence-electron chi connectivity index (χ4n) is 5.39. The van der Waals surface area contributed by atoms with Crippen molar-refractivity contribution in [2.45, 2.75) is 11.6 Å². The minimum Gasteiger partial charge on any atom is -0.465 e. The molecule has 0 spiro atoms. The average molecular weight is 481 g/mol. The van der Waals surface area contributed by atoms with Crippen LogP contribution < -0.4 is 10.2 Å². The molecule has 0 aromatic heterocycles. The van der Waals surface area contributed by atoms with Crippen LogP contribution in [0.2, 0.25) is 0 Å². The van der Waals surface area contributed by atoms with Gasteiger partial charge in [-0.05, 0) is 72.8 Å². The van der Waals surface area contributed by atoms with E-state index in [2.05, 4.69) is 0 Å². The van der Waals surface area contributed by atoms with Gasteiger partial charge in [0.25, 0.3) is 0 Å². The van der Waals surface area contributed by atoms with Crippen LogP contribution in [0.1, 0.15) is 11.1 Å². The molecule has 0 aliphatic carbocycles. The van der Waals surface area contributed by atoms with E-state index in [-0.39, 0.29) is 5.69 Å². The maximum atomic E-state index is 13.9. The molecule has 35 heavy (non-hydrogen) atoms. The van der Waals surface area contributed by atoms with E-state index in [0.717, 1.165) is 17.0 Å². The molecule has 2 aliphatic heterocycles. The Kier molecular flexibility index (Phi) is 5.44. The number of ether oxygens (including phenoxy) is 1. The minimum atomic E-state index is -1.37. The van der Waals surface area contributed by atoms with Crippen LogP contribution in [0.25, 0.3) is 0 Å². The topological polar surface area (TPSA) is 80.3 Å². The van der Waals surface area contributed by atoms with Gasteiger partial charge >= 0.3 is 5.97 Å². The SMILES string of the molecule is COC(=O)[C@H]1[NH2+]C(c2ccc(F)cc2)(c2ccc(F)cc2)[C@@H]2C(=O)N(c3ccc(F)cc3)C(=O)[C@@H]12. The number of fused-ring (bicyclic) bond motifs is 1. The largest absolute Gasteiger partial charge is 0.465 e. The summed E-state index contributed by atoms with van der Waals surface area (Å²) in [5.41, 5.74) is -0.304. The summed E-state index contributed by atoms with van der Waals surface area (Å²) in [7, 11) is 1.18. The number of carbonyl (C=O) groups is 3. The Labute approximate surface area is 198 Å². The Bertz CT molecular complexity index is 1260. The normalized spacial score (nSPS) is 22.9. The molecule has 2 aliphatic rings. The first kappa shape index (κ1) is 22.8. The summed E-state index contributed by atoms with van der Waals surface area (Å²) in [6.45, 7) is 0. The maximum Gasteiger partial charge on any atom is 0.365 e. The van der Waals surface area contributed by atoms with Gasteiger partial charge in [0.1, 0.15) is 29.3 Å². The van der Waals surface area contributed by atoms with Crippen LogP contribution >= 0.6 is 0 Å².